The van der Waals surface area contributed by atoms with Crippen molar-refractivity contribution in [2.24, 2.45) is 0 Å². The molecule has 0 heterocycles. The second-order valence-corrected chi connectivity index (χ2v) is 4.53. The standard InChI is InChI=1S/As2O5.H2O/c3-1(4)7-2(5)6;/h;1H2. The van der Waals surface area contributed by atoms with E-state index in [4.69, 9.17) is 0 Å². The van der Waals surface area contributed by atoms with Crippen LogP contribution in [-0.2, 0) is 17.7 Å². The summed E-state index contributed by atoms with van der Waals surface area (Å²) in [5, 5.41) is 0. The van der Waals surface area contributed by atoms with Gasteiger partial charge in [0.1, 0.15) is 0 Å². The Balaban J connectivity index is 0. The van der Waals surface area contributed by atoms with Gasteiger partial charge >= 0.3 is 47.4 Å². The van der Waals surface area contributed by atoms with Gasteiger partial charge in [0.15, 0.2) is 0 Å². The van der Waals surface area contributed by atoms with Gasteiger partial charge < -0.3 is 5.48 Å². The molecule has 0 unspecified atom stereocenters. The molecule has 6 nitrogen and oxygen atoms in total. The normalized spacial score (nSPS) is 7.00. The van der Waals surface area contributed by atoms with Gasteiger partial charge in [0.25, 0.3) is 0 Å². The molecule has 0 fully saturated rings. The van der Waals surface area contributed by atoms with E-state index in [-0.39, 0.29) is 5.48 Å². The Morgan fingerprint density at radius 1 is 0.875 bits per heavy atom. The Kier molecular flexibility index (Phi) is 7.45. The average Bonchev–Trinajstić information content (AvgIpc) is 1.27. The van der Waals surface area contributed by atoms with E-state index in [0.29, 0.717) is 0 Å². The van der Waals surface area contributed by atoms with Gasteiger partial charge in [-0.3, -0.25) is 0 Å². The van der Waals surface area contributed by atoms with Crippen molar-refractivity contribution in [1.82, 2.24) is 0 Å². The predicted molar refractivity (Wildman–Crippen MR) is 19.0 cm³/mol. The molecule has 0 bridgehead atoms. The fourth-order valence-electron chi connectivity index (χ4n) is 0.0544. The number of rotatable bonds is 2. The van der Waals surface area contributed by atoms with Crippen LogP contribution in [0.4, 0.5) is 0 Å². The van der Waals surface area contributed by atoms with Crippen LogP contribution in [0.2, 0.25) is 0 Å². The van der Waals surface area contributed by atoms with Crippen molar-refractivity contribution in [3.63, 3.8) is 0 Å². The zero-order valence-electron chi connectivity index (χ0n) is 3.44. The van der Waals surface area contributed by atoms with Crippen LogP contribution in [0, 0.1) is 0 Å². The molecule has 0 aliphatic rings. The monoisotopic (exact) mass is 248 g/mol. The predicted octanol–water partition coefficient (Wildman–Crippen LogP) is -2.13. The molecule has 0 aliphatic carbocycles. The Labute approximate surface area is 53.3 Å². The fourth-order valence-corrected chi connectivity index (χ4v) is 1.47. The third kappa shape index (κ3) is 9.53. The van der Waals surface area contributed by atoms with Gasteiger partial charge in [0.05, 0.1) is 0 Å². The molecule has 0 aromatic rings. The first kappa shape index (κ1) is 11.1. The van der Waals surface area contributed by atoms with Gasteiger partial charge in [-0.1, -0.05) is 0 Å². The Bertz CT molecular complexity index is 135. The molecule has 0 spiro atoms. The first-order chi connectivity index (χ1) is 3.13. The summed E-state index contributed by atoms with van der Waals surface area (Å²) < 4.78 is 40.7. The summed E-state index contributed by atoms with van der Waals surface area (Å²) in [6.45, 7) is 0. The van der Waals surface area contributed by atoms with Gasteiger partial charge in [0.2, 0.25) is 0 Å². The van der Waals surface area contributed by atoms with Crippen LogP contribution < -0.4 is 0 Å². The topological polar surface area (TPSA) is 109 Å². The molecule has 8 heteroatoms. The summed E-state index contributed by atoms with van der Waals surface area (Å²) in [7, 11) is 0. The fraction of sp³-hybridized carbons (Fsp3) is 0. The van der Waals surface area contributed by atoms with Crippen LogP contribution in [0.15, 0.2) is 0 Å². The third-order valence-corrected chi connectivity index (χ3v) is 3.60. The molecule has 0 radical (unpaired) electrons. The molecule has 0 aliphatic heterocycles. The second-order valence-electron chi connectivity index (χ2n) is 0.529. The molecule has 0 saturated carbocycles. The van der Waals surface area contributed by atoms with E-state index in [1.165, 1.54) is 0 Å². The SMILES string of the molecule is O.O=[As](=O)O[As](=O)=O. The first-order valence-electron chi connectivity index (χ1n) is 1.10. The summed E-state index contributed by atoms with van der Waals surface area (Å²) >= 11 is -7.69. The molecule has 0 amide bonds. The van der Waals surface area contributed by atoms with Gasteiger partial charge in [-0.25, -0.2) is 0 Å². The van der Waals surface area contributed by atoms with Crippen molar-refractivity contribution in [2.45, 2.75) is 0 Å². The van der Waals surface area contributed by atoms with E-state index in [9.17, 15) is 15.0 Å². The molecule has 48 valence electrons. The van der Waals surface area contributed by atoms with E-state index < -0.39 is 29.7 Å². The maximum atomic E-state index is 9.34. The molecule has 0 rings (SSSR count). The van der Waals surface area contributed by atoms with Crippen LogP contribution in [0.25, 0.3) is 0 Å². The van der Waals surface area contributed by atoms with E-state index in [1.54, 1.807) is 0 Å². The van der Waals surface area contributed by atoms with E-state index >= 15 is 0 Å². The van der Waals surface area contributed by atoms with Crippen molar-refractivity contribution < 1.29 is 23.1 Å². The van der Waals surface area contributed by atoms with Crippen LogP contribution >= 0.6 is 0 Å². The van der Waals surface area contributed by atoms with Gasteiger partial charge in [0, 0.05) is 0 Å². The molecule has 0 aromatic heterocycles. The van der Waals surface area contributed by atoms with E-state index in [1.807, 2.05) is 0 Å². The minimum atomic E-state index is -3.84. The van der Waals surface area contributed by atoms with Crippen LogP contribution in [-0.4, -0.2) is 35.2 Å². The van der Waals surface area contributed by atoms with Crippen molar-refractivity contribution in [2.75, 3.05) is 0 Å². The van der Waals surface area contributed by atoms with Crippen molar-refractivity contribution in [3.8, 4) is 0 Å². The van der Waals surface area contributed by atoms with Crippen molar-refractivity contribution >= 4 is 29.7 Å². The molecule has 0 saturated heterocycles. The third-order valence-electron chi connectivity index (χ3n) is 0.133. The summed E-state index contributed by atoms with van der Waals surface area (Å²) in [5.41, 5.74) is 0. The Morgan fingerprint density at radius 3 is 1.12 bits per heavy atom. The molecule has 0 atom stereocenters. The summed E-state index contributed by atoms with van der Waals surface area (Å²) in [6.07, 6.45) is 0. The average molecular weight is 248 g/mol. The zero-order valence-corrected chi connectivity index (χ0v) is 7.19. The van der Waals surface area contributed by atoms with E-state index in [2.05, 4.69) is 2.72 Å². The second kappa shape index (κ2) is 5.38. The first-order valence-corrected chi connectivity index (χ1v) is 5.69. The minimum absolute atomic E-state index is 0. The Hall–Kier alpha value is 0.237. The van der Waals surface area contributed by atoms with Gasteiger partial charge in [-0.2, -0.15) is 0 Å². The summed E-state index contributed by atoms with van der Waals surface area (Å²) in [6, 6.07) is 0. The molecular formula is H2As2O6. The van der Waals surface area contributed by atoms with E-state index in [0.717, 1.165) is 0 Å². The molecule has 8 heavy (non-hydrogen) atoms. The maximum absolute atomic E-state index is 9.34. The van der Waals surface area contributed by atoms with Crippen LogP contribution in [0.3, 0.4) is 0 Å². The summed E-state index contributed by atoms with van der Waals surface area (Å²) in [4.78, 5) is 0. The Morgan fingerprint density at radius 2 is 1.12 bits per heavy atom. The number of hydrogen-bond acceptors (Lipinski definition) is 5. The molecule has 2 N–H and O–H groups in total. The molecule has 0 aromatic carbocycles. The zero-order chi connectivity index (χ0) is 5.86. The van der Waals surface area contributed by atoms with Crippen molar-refractivity contribution in [1.29, 1.82) is 0 Å². The van der Waals surface area contributed by atoms with Gasteiger partial charge in [-0.15, -0.1) is 0 Å². The molecular weight excluding hydrogens is 246 g/mol. The van der Waals surface area contributed by atoms with Crippen molar-refractivity contribution in [3.05, 3.63) is 0 Å². The number of hydrogen-bond donors (Lipinski definition) is 0. The summed E-state index contributed by atoms with van der Waals surface area (Å²) in [5.74, 6) is 0. The quantitative estimate of drug-likeness (QED) is 0.518. The van der Waals surface area contributed by atoms with Crippen LogP contribution in [0.5, 0.6) is 0 Å². The van der Waals surface area contributed by atoms with Crippen LogP contribution in [0.1, 0.15) is 0 Å². The van der Waals surface area contributed by atoms with Gasteiger partial charge in [-0.05, 0) is 0 Å².